The van der Waals surface area contributed by atoms with Crippen LogP contribution >= 0.6 is 0 Å². The topological polar surface area (TPSA) is 43.2 Å². The van der Waals surface area contributed by atoms with E-state index < -0.39 is 0 Å². The standard InChI is InChI=1S/C16H21FN4O/c1-22-16-5-4-13(7-15(16)17)8-20-6-2-3-14(9-20)10-21-12-18-11-19-21/h4-5,7,11-12,14H,2-3,6,8-10H2,1H3/t14-/m0/s1. The van der Waals surface area contributed by atoms with E-state index in [1.807, 2.05) is 10.7 Å². The van der Waals surface area contributed by atoms with Crippen LogP contribution in [0.1, 0.15) is 18.4 Å². The summed E-state index contributed by atoms with van der Waals surface area (Å²) in [6.45, 7) is 3.73. The van der Waals surface area contributed by atoms with Gasteiger partial charge in [0, 0.05) is 19.6 Å². The summed E-state index contributed by atoms with van der Waals surface area (Å²) in [7, 11) is 1.48. The van der Waals surface area contributed by atoms with Crippen LogP contribution < -0.4 is 4.74 Å². The van der Waals surface area contributed by atoms with E-state index in [1.165, 1.54) is 13.5 Å². The molecule has 0 amide bonds. The highest BCUT2D eigenvalue weighted by Crippen LogP contribution is 2.22. The van der Waals surface area contributed by atoms with Gasteiger partial charge in [0.15, 0.2) is 11.6 Å². The van der Waals surface area contributed by atoms with Gasteiger partial charge in [-0.1, -0.05) is 6.07 Å². The molecule has 1 aromatic carbocycles. The third-order valence-corrected chi connectivity index (χ3v) is 4.14. The molecule has 118 valence electrons. The summed E-state index contributed by atoms with van der Waals surface area (Å²) < 4.78 is 20.6. The maximum Gasteiger partial charge on any atom is 0.165 e. The third kappa shape index (κ3) is 3.62. The predicted molar refractivity (Wildman–Crippen MR) is 81.0 cm³/mol. The molecule has 1 fully saturated rings. The molecule has 5 nitrogen and oxygen atoms in total. The van der Waals surface area contributed by atoms with Crippen molar-refractivity contribution in [2.24, 2.45) is 5.92 Å². The molecule has 2 aromatic rings. The zero-order chi connectivity index (χ0) is 15.4. The number of aromatic nitrogens is 3. The lowest BCUT2D eigenvalue weighted by Crippen LogP contribution is -2.36. The lowest BCUT2D eigenvalue weighted by atomic mass is 9.97. The normalized spacial score (nSPS) is 19.3. The Balaban J connectivity index is 1.59. The fourth-order valence-electron chi connectivity index (χ4n) is 3.10. The zero-order valence-corrected chi connectivity index (χ0v) is 12.8. The molecule has 1 atom stereocenters. The van der Waals surface area contributed by atoms with E-state index in [4.69, 9.17) is 4.74 Å². The van der Waals surface area contributed by atoms with Gasteiger partial charge in [0.05, 0.1) is 7.11 Å². The van der Waals surface area contributed by atoms with Crippen molar-refractivity contribution in [3.63, 3.8) is 0 Å². The van der Waals surface area contributed by atoms with Crippen molar-refractivity contribution >= 4 is 0 Å². The SMILES string of the molecule is COc1ccc(CN2CCC[C@H](Cn3cncn3)C2)cc1F. The maximum absolute atomic E-state index is 13.8. The van der Waals surface area contributed by atoms with Gasteiger partial charge in [-0.25, -0.2) is 9.37 Å². The second kappa shape index (κ2) is 6.87. The summed E-state index contributed by atoms with van der Waals surface area (Å²) in [6, 6.07) is 5.20. The van der Waals surface area contributed by atoms with Gasteiger partial charge in [-0.05, 0) is 43.0 Å². The molecule has 1 saturated heterocycles. The van der Waals surface area contributed by atoms with Crippen molar-refractivity contribution in [2.45, 2.75) is 25.9 Å². The summed E-state index contributed by atoms with van der Waals surface area (Å²) in [5, 5.41) is 4.17. The van der Waals surface area contributed by atoms with Gasteiger partial charge in [-0.15, -0.1) is 0 Å². The van der Waals surface area contributed by atoms with E-state index >= 15 is 0 Å². The molecular weight excluding hydrogens is 283 g/mol. The highest BCUT2D eigenvalue weighted by atomic mass is 19.1. The molecule has 3 rings (SSSR count). The van der Waals surface area contributed by atoms with Crippen LogP contribution in [0.15, 0.2) is 30.9 Å². The van der Waals surface area contributed by atoms with Gasteiger partial charge in [0.2, 0.25) is 0 Å². The van der Waals surface area contributed by atoms with Gasteiger partial charge in [-0.2, -0.15) is 5.10 Å². The van der Waals surface area contributed by atoms with Crippen molar-refractivity contribution < 1.29 is 9.13 Å². The highest BCUT2D eigenvalue weighted by molar-refractivity contribution is 5.29. The zero-order valence-electron chi connectivity index (χ0n) is 12.8. The first-order valence-electron chi connectivity index (χ1n) is 7.62. The minimum absolute atomic E-state index is 0.295. The van der Waals surface area contributed by atoms with E-state index in [2.05, 4.69) is 15.0 Å². The van der Waals surface area contributed by atoms with Crippen LogP contribution in [0.3, 0.4) is 0 Å². The Morgan fingerprint density at radius 3 is 3.05 bits per heavy atom. The molecule has 1 aromatic heterocycles. The number of halogens is 1. The van der Waals surface area contributed by atoms with Crippen LogP contribution in [0, 0.1) is 11.7 Å². The number of benzene rings is 1. The average Bonchev–Trinajstić information content (AvgIpc) is 3.01. The number of ether oxygens (including phenoxy) is 1. The summed E-state index contributed by atoms with van der Waals surface area (Å²) in [5.41, 5.74) is 0.986. The number of nitrogens with zero attached hydrogens (tertiary/aromatic N) is 4. The summed E-state index contributed by atoms with van der Waals surface area (Å²) in [4.78, 5) is 6.37. The van der Waals surface area contributed by atoms with Crippen LogP contribution in [-0.2, 0) is 13.1 Å². The van der Waals surface area contributed by atoms with E-state index in [9.17, 15) is 4.39 Å². The first-order chi connectivity index (χ1) is 10.7. The van der Waals surface area contributed by atoms with Crippen molar-refractivity contribution in [1.29, 1.82) is 0 Å². The van der Waals surface area contributed by atoms with Crippen LogP contribution in [0.25, 0.3) is 0 Å². The third-order valence-electron chi connectivity index (χ3n) is 4.14. The smallest absolute Gasteiger partial charge is 0.165 e. The second-order valence-electron chi connectivity index (χ2n) is 5.83. The Kier molecular flexibility index (Phi) is 4.68. The number of rotatable bonds is 5. The van der Waals surface area contributed by atoms with Gasteiger partial charge >= 0.3 is 0 Å². The van der Waals surface area contributed by atoms with E-state index in [0.29, 0.717) is 11.7 Å². The lowest BCUT2D eigenvalue weighted by molar-refractivity contribution is 0.153. The van der Waals surface area contributed by atoms with Crippen LogP contribution in [-0.4, -0.2) is 39.9 Å². The number of hydrogen-bond donors (Lipinski definition) is 0. The Hall–Kier alpha value is -1.95. The molecule has 0 aliphatic carbocycles. The molecule has 0 saturated carbocycles. The highest BCUT2D eigenvalue weighted by Gasteiger charge is 2.21. The molecule has 0 N–H and O–H groups in total. The second-order valence-corrected chi connectivity index (χ2v) is 5.83. The van der Waals surface area contributed by atoms with E-state index in [-0.39, 0.29) is 5.82 Å². The monoisotopic (exact) mass is 304 g/mol. The van der Waals surface area contributed by atoms with Crippen LogP contribution in [0.4, 0.5) is 4.39 Å². The number of piperidine rings is 1. The Labute approximate surface area is 129 Å². The summed E-state index contributed by atoms with van der Waals surface area (Å²) >= 11 is 0. The van der Waals surface area contributed by atoms with Crippen molar-refractivity contribution in [2.75, 3.05) is 20.2 Å². The minimum Gasteiger partial charge on any atom is -0.494 e. The quantitative estimate of drug-likeness (QED) is 0.850. The molecule has 1 aliphatic heterocycles. The van der Waals surface area contributed by atoms with Gasteiger partial charge in [0.1, 0.15) is 12.7 Å². The molecule has 0 unspecified atom stereocenters. The number of methoxy groups -OCH3 is 1. The maximum atomic E-state index is 13.8. The van der Waals surface area contributed by atoms with E-state index in [1.54, 1.807) is 24.8 Å². The van der Waals surface area contributed by atoms with Crippen LogP contribution in [0.5, 0.6) is 5.75 Å². The summed E-state index contributed by atoms with van der Waals surface area (Å²) in [5.74, 6) is 0.571. The molecule has 2 heterocycles. The van der Waals surface area contributed by atoms with Crippen molar-refractivity contribution in [1.82, 2.24) is 19.7 Å². The number of hydrogen-bond acceptors (Lipinski definition) is 4. The molecule has 6 heteroatoms. The average molecular weight is 304 g/mol. The Morgan fingerprint density at radius 1 is 1.41 bits per heavy atom. The Bertz CT molecular complexity index is 602. The fourth-order valence-corrected chi connectivity index (χ4v) is 3.10. The molecule has 0 spiro atoms. The van der Waals surface area contributed by atoms with Crippen molar-refractivity contribution in [3.8, 4) is 5.75 Å². The molecule has 1 aliphatic rings. The number of likely N-dealkylation sites (tertiary alicyclic amines) is 1. The van der Waals surface area contributed by atoms with Gasteiger partial charge in [0.25, 0.3) is 0 Å². The molecule has 0 bridgehead atoms. The van der Waals surface area contributed by atoms with Gasteiger partial charge in [-0.3, -0.25) is 9.58 Å². The largest absolute Gasteiger partial charge is 0.494 e. The molecular formula is C16H21FN4O. The van der Waals surface area contributed by atoms with Crippen molar-refractivity contribution in [3.05, 3.63) is 42.2 Å². The Morgan fingerprint density at radius 2 is 2.32 bits per heavy atom. The van der Waals surface area contributed by atoms with E-state index in [0.717, 1.165) is 38.2 Å². The fraction of sp³-hybridized carbons (Fsp3) is 0.500. The first-order valence-corrected chi connectivity index (χ1v) is 7.62. The van der Waals surface area contributed by atoms with Crippen LogP contribution in [0.2, 0.25) is 0 Å². The summed E-state index contributed by atoms with van der Waals surface area (Å²) in [6.07, 6.45) is 5.70. The lowest BCUT2D eigenvalue weighted by Gasteiger charge is -2.32. The molecule has 22 heavy (non-hydrogen) atoms. The predicted octanol–water partition coefficient (Wildman–Crippen LogP) is 2.34. The molecule has 0 radical (unpaired) electrons. The first kappa shape index (κ1) is 15.0. The van der Waals surface area contributed by atoms with Gasteiger partial charge < -0.3 is 4.74 Å². The minimum atomic E-state index is -0.295.